The summed E-state index contributed by atoms with van der Waals surface area (Å²) in [5.74, 6) is -1.52. The van der Waals surface area contributed by atoms with Crippen LogP contribution >= 0.6 is 0 Å². The van der Waals surface area contributed by atoms with Crippen molar-refractivity contribution in [3.05, 3.63) is 0 Å². The molecule has 1 rings (SSSR count). The first-order chi connectivity index (χ1) is 9.22. The van der Waals surface area contributed by atoms with E-state index in [-0.39, 0.29) is 5.91 Å². The Morgan fingerprint density at radius 2 is 1.80 bits per heavy atom. The zero-order chi connectivity index (χ0) is 15.4. The predicted octanol–water partition coefficient (Wildman–Crippen LogP) is -0.908. The number of aliphatic hydroxyl groups is 1. The first kappa shape index (κ1) is 16.4. The first-order valence-electron chi connectivity index (χ1n) is 6.17. The van der Waals surface area contributed by atoms with Gasteiger partial charge in [-0.3, -0.25) is 14.4 Å². The number of hydrogen-bond donors (Lipinski definition) is 2. The van der Waals surface area contributed by atoms with Gasteiger partial charge in [0.25, 0.3) is 0 Å². The van der Waals surface area contributed by atoms with Crippen molar-refractivity contribution in [2.24, 2.45) is 0 Å². The van der Waals surface area contributed by atoms with Crippen LogP contribution in [0.4, 0.5) is 0 Å². The van der Waals surface area contributed by atoms with Gasteiger partial charge in [0.05, 0.1) is 0 Å². The summed E-state index contributed by atoms with van der Waals surface area (Å²) in [6.45, 7) is 5.26. The largest absolute Gasteiger partial charge is 0.460 e. The molecule has 1 aliphatic rings. The van der Waals surface area contributed by atoms with E-state index in [1.807, 2.05) is 0 Å². The van der Waals surface area contributed by atoms with Gasteiger partial charge in [-0.1, -0.05) is 0 Å². The standard InChI is InChI=1S/C12H19NO7/c1-5(18-7(3)15)10-9(13-6(2)14)11(12(17)20-10)19-8(4)16/h5,9-12,17H,1-4H3,(H,13,14)/t5-,9+,10+,11+,12+/m0/s1. The fraction of sp³-hybridized carbons (Fsp3) is 0.750. The molecule has 114 valence electrons. The monoisotopic (exact) mass is 289 g/mol. The van der Waals surface area contributed by atoms with Crippen LogP contribution in [0.1, 0.15) is 27.7 Å². The lowest BCUT2D eigenvalue weighted by Crippen LogP contribution is -2.51. The summed E-state index contributed by atoms with van der Waals surface area (Å²) in [4.78, 5) is 33.2. The number of hydrogen-bond acceptors (Lipinski definition) is 7. The molecule has 0 aliphatic carbocycles. The maximum Gasteiger partial charge on any atom is 0.303 e. The molecule has 8 heteroatoms. The summed E-state index contributed by atoms with van der Waals surface area (Å²) in [5.41, 5.74) is 0. The summed E-state index contributed by atoms with van der Waals surface area (Å²) in [6.07, 6.45) is -4.00. The zero-order valence-electron chi connectivity index (χ0n) is 11.8. The molecule has 1 amide bonds. The molecule has 1 saturated heterocycles. The van der Waals surface area contributed by atoms with Crippen molar-refractivity contribution in [3.8, 4) is 0 Å². The Hall–Kier alpha value is -1.67. The van der Waals surface area contributed by atoms with Crippen molar-refractivity contribution in [1.82, 2.24) is 5.32 Å². The van der Waals surface area contributed by atoms with Crippen LogP contribution in [0.25, 0.3) is 0 Å². The Morgan fingerprint density at radius 1 is 1.20 bits per heavy atom. The van der Waals surface area contributed by atoms with Crippen molar-refractivity contribution in [1.29, 1.82) is 0 Å². The lowest BCUT2D eigenvalue weighted by molar-refractivity contribution is -0.176. The van der Waals surface area contributed by atoms with Gasteiger partial charge in [0.1, 0.15) is 18.2 Å². The second kappa shape index (κ2) is 6.67. The number of amides is 1. The Bertz CT molecular complexity index is 397. The topological polar surface area (TPSA) is 111 Å². The third-order valence-electron chi connectivity index (χ3n) is 2.77. The molecular formula is C12H19NO7. The normalized spacial score (nSPS) is 30.4. The van der Waals surface area contributed by atoms with E-state index < -0.39 is 42.6 Å². The van der Waals surface area contributed by atoms with Crippen LogP contribution in [-0.4, -0.2) is 53.6 Å². The lowest BCUT2D eigenvalue weighted by Gasteiger charge is -2.26. The van der Waals surface area contributed by atoms with E-state index in [1.165, 1.54) is 20.8 Å². The highest BCUT2D eigenvalue weighted by atomic mass is 16.7. The van der Waals surface area contributed by atoms with E-state index >= 15 is 0 Å². The summed E-state index contributed by atoms with van der Waals surface area (Å²) in [7, 11) is 0. The van der Waals surface area contributed by atoms with E-state index in [9.17, 15) is 19.5 Å². The van der Waals surface area contributed by atoms with Crippen LogP contribution in [0.5, 0.6) is 0 Å². The Morgan fingerprint density at radius 3 is 2.25 bits per heavy atom. The van der Waals surface area contributed by atoms with Gasteiger partial charge in [-0.25, -0.2) is 0 Å². The van der Waals surface area contributed by atoms with Crippen molar-refractivity contribution in [2.75, 3.05) is 0 Å². The molecule has 0 spiro atoms. The average Bonchev–Trinajstić information content (AvgIpc) is 2.55. The minimum atomic E-state index is -1.40. The van der Waals surface area contributed by atoms with Gasteiger partial charge in [0.15, 0.2) is 12.4 Å². The molecule has 0 bridgehead atoms. The van der Waals surface area contributed by atoms with Gasteiger partial charge in [0.2, 0.25) is 5.91 Å². The van der Waals surface area contributed by atoms with Crippen LogP contribution in [-0.2, 0) is 28.6 Å². The Kier molecular flexibility index (Phi) is 5.46. The molecular weight excluding hydrogens is 270 g/mol. The minimum absolute atomic E-state index is 0.384. The smallest absolute Gasteiger partial charge is 0.303 e. The summed E-state index contributed by atoms with van der Waals surface area (Å²) in [5, 5.41) is 12.3. The van der Waals surface area contributed by atoms with E-state index in [0.717, 1.165) is 0 Å². The minimum Gasteiger partial charge on any atom is -0.460 e. The predicted molar refractivity (Wildman–Crippen MR) is 65.3 cm³/mol. The molecule has 1 heterocycles. The third kappa shape index (κ3) is 4.17. The second-order valence-electron chi connectivity index (χ2n) is 4.61. The number of rotatable bonds is 4. The van der Waals surface area contributed by atoms with Gasteiger partial charge in [-0.05, 0) is 6.92 Å². The molecule has 2 N–H and O–H groups in total. The fourth-order valence-corrected chi connectivity index (χ4v) is 2.14. The molecule has 0 aromatic carbocycles. The highest BCUT2D eigenvalue weighted by Crippen LogP contribution is 2.26. The van der Waals surface area contributed by atoms with Crippen molar-refractivity contribution in [2.45, 2.75) is 58.3 Å². The number of ether oxygens (including phenoxy) is 3. The third-order valence-corrected chi connectivity index (χ3v) is 2.77. The van der Waals surface area contributed by atoms with Crippen LogP contribution in [0, 0.1) is 0 Å². The molecule has 1 aliphatic heterocycles. The van der Waals surface area contributed by atoms with Gasteiger partial charge in [0, 0.05) is 20.8 Å². The molecule has 0 saturated carbocycles. The average molecular weight is 289 g/mol. The van der Waals surface area contributed by atoms with Crippen molar-refractivity contribution >= 4 is 17.8 Å². The van der Waals surface area contributed by atoms with E-state index in [1.54, 1.807) is 6.92 Å². The molecule has 5 atom stereocenters. The fourth-order valence-electron chi connectivity index (χ4n) is 2.14. The Balaban J connectivity index is 2.89. The first-order valence-corrected chi connectivity index (χ1v) is 6.17. The molecule has 0 aromatic heterocycles. The maximum atomic E-state index is 11.2. The SMILES string of the molecule is CC(=O)N[C@H]1[C@@H](OC(C)=O)[C@H](O)O[C@@H]1[C@H](C)OC(C)=O. The van der Waals surface area contributed by atoms with Gasteiger partial charge >= 0.3 is 11.9 Å². The number of carbonyl (C=O) groups is 3. The lowest BCUT2D eigenvalue weighted by atomic mass is 10.0. The highest BCUT2D eigenvalue weighted by Gasteiger charge is 2.49. The van der Waals surface area contributed by atoms with Crippen LogP contribution in [0.3, 0.4) is 0 Å². The quantitative estimate of drug-likeness (QED) is 0.644. The van der Waals surface area contributed by atoms with E-state index in [2.05, 4.69) is 5.32 Å². The molecule has 0 unspecified atom stereocenters. The highest BCUT2D eigenvalue weighted by molar-refractivity contribution is 5.73. The van der Waals surface area contributed by atoms with Gasteiger partial charge < -0.3 is 24.6 Å². The van der Waals surface area contributed by atoms with Gasteiger partial charge in [-0.15, -0.1) is 0 Å². The van der Waals surface area contributed by atoms with Crippen LogP contribution in [0.2, 0.25) is 0 Å². The zero-order valence-corrected chi connectivity index (χ0v) is 11.8. The molecule has 8 nitrogen and oxygen atoms in total. The maximum absolute atomic E-state index is 11.2. The summed E-state index contributed by atoms with van der Waals surface area (Å²) in [6, 6.07) is -0.805. The molecule has 0 radical (unpaired) electrons. The number of aliphatic hydroxyl groups excluding tert-OH is 1. The van der Waals surface area contributed by atoms with Crippen molar-refractivity contribution < 1.29 is 33.7 Å². The molecule has 1 fully saturated rings. The Labute approximate surface area is 116 Å². The van der Waals surface area contributed by atoms with Crippen LogP contribution < -0.4 is 5.32 Å². The van der Waals surface area contributed by atoms with Crippen LogP contribution in [0.15, 0.2) is 0 Å². The number of carbonyl (C=O) groups excluding carboxylic acids is 3. The number of esters is 2. The number of nitrogens with one attached hydrogen (secondary N) is 1. The van der Waals surface area contributed by atoms with E-state index in [0.29, 0.717) is 0 Å². The van der Waals surface area contributed by atoms with Gasteiger partial charge in [-0.2, -0.15) is 0 Å². The van der Waals surface area contributed by atoms with Crippen molar-refractivity contribution in [3.63, 3.8) is 0 Å². The molecule has 20 heavy (non-hydrogen) atoms. The summed E-state index contributed by atoms with van der Waals surface area (Å²) < 4.78 is 15.2. The van der Waals surface area contributed by atoms with E-state index in [4.69, 9.17) is 14.2 Å². The molecule has 0 aromatic rings. The second-order valence-corrected chi connectivity index (χ2v) is 4.61. The summed E-state index contributed by atoms with van der Waals surface area (Å²) >= 11 is 0.